The third kappa shape index (κ3) is 3.01. The molecule has 2 bridgehead atoms. The lowest BCUT2D eigenvalue weighted by Gasteiger charge is -2.54. The fraction of sp³-hybridized carbons (Fsp3) is 0.538. The van der Waals surface area contributed by atoms with Gasteiger partial charge in [-0.3, -0.25) is 0 Å². The van der Waals surface area contributed by atoms with Crippen molar-refractivity contribution in [3.8, 4) is 0 Å². The first-order chi connectivity index (χ1) is 13.8. The Morgan fingerprint density at radius 2 is 1.00 bits per heavy atom. The zero-order chi connectivity index (χ0) is 20.3. The van der Waals surface area contributed by atoms with Crippen molar-refractivity contribution in [3.05, 3.63) is 65.7 Å². The van der Waals surface area contributed by atoms with Crippen molar-refractivity contribution in [2.45, 2.75) is 88.3 Å². The zero-order valence-corrected chi connectivity index (χ0v) is 18.3. The molecule has 4 fully saturated rings. The summed E-state index contributed by atoms with van der Waals surface area (Å²) in [6.45, 7) is 8.46. The third-order valence-corrected chi connectivity index (χ3v) is 8.68. The molecule has 0 spiro atoms. The summed E-state index contributed by atoms with van der Waals surface area (Å²) in [5.74, 6) is 0. The number of rotatable bonds is 3. The summed E-state index contributed by atoms with van der Waals surface area (Å²) >= 11 is 0. The zero-order valence-electron chi connectivity index (χ0n) is 18.3. The number of hydrogen-bond donors (Lipinski definition) is 0. The lowest BCUT2D eigenvalue weighted by Crippen LogP contribution is -2.46. The third-order valence-electron chi connectivity index (χ3n) is 8.68. The van der Waals surface area contributed by atoms with Crippen LogP contribution in [0.4, 0.5) is 0 Å². The van der Waals surface area contributed by atoms with Crippen LogP contribution in [0.15, 0.2) is 54.6 Å². The van der Waals surface area contributed by atoms with Crippen molar-refractivity contribution in [1.29, 1.82) is 0 Å². The predicted octanol–water partition coefficient (Wildman–Crippen LogP) is 5.53. The van der Waals surface area contributed by atoms with Gasteiger partial charge in [0.1, 0.15) is 0 Å². The van der Waals surface area contributed by atoms with E-state index in [-0.39, 0.29) is 18.3 Å². The standard InChI is InChI=1S/C26H33BO2/c1-23(2)24(3,4)29-27(28-23)22-12-10-21(11-13-22)26-17-14-25(15-18-26,16-19-26)20-8-6-5-7-9-20/h5-13H,14-19H2,1-4H3. The molecule has 2 aromatic rings. The highest BCUT2D eigenvalue weighted by molar-refractivity contribution is 6.62. The monoisotopic (exact) mass is 388 g/mol. The second-order valence-electron chi connectivity index (χ2n) is 10.6. The van der Waals surface area contributed by atoms with Gasteiger partial charge in [-0.05, 0) is 93.6 Å². The second kappa shape index (κ2) is 6.46. The Balaban J connectivity index is 1.34. The maximum Gasteiger partial charge on any atom is 0.494 e. The van der Waals surface area contributed by atoms with E-state index in [1.165, 1.54) is 44.1 Å². The molecule has 1 saturated heterocycles. The van der Waals surface area contributed by atoms with E-state index in [4.69, 9.17) is 9.31 Å². The molecule has 0 unspecified atom stereocenters. The largest absolute Gasteiger partial charge is 0.494 e. The van der Waals surface area contributed by atoms with Crippen LogP contribution in [0, 0.1) is 0 Å². The van der Waals surface area contributed by atoms with Crippen molar-refractivity contribution >= 4 is 12.6 Å². The van der Waals surface area contributed by atoms with Gasteiger partial charge in [0, 0.05) is 0 Å². The van der Waals surface area contributed by atoms with E-state index in [2.05, 4.69) is 82.3 Å². The Morgan fingerprint density at radius 3 is 1.45 bits per heavy atom. The van der Waals surface area contributed by atoms with Gasteiger partial charge in [-0.15, -0.1) is 0 Å². The van der Waals surface area contributed by atoms with E-state index in [1.54, 1.807) is 5.56 Å². The van der Waals surface area contributed by atoms with Gasteiger partial charge in [0.2, 0.25) is 0 Å². The highest BCUT2D eigenvalue weighted by Crippen LogP contribution is 2.58. The van der Waals surface area contributed by atoms with Gasteiger partial charge >= 0.3 is 7.12 Å². The maximum absolute atomic E-state index is 6.23. The molecule has 152 valence electrons. The van der Waals surface area contributed by atoms with E-state index in [9.17, 15) is 0 Å². The summed E-state index contributed by atoms with van der Waals surface area (Å²) < 4.78 is 12.5. The molecule has 0 aromatic heterocycles. The van der Waals surface area contributed by atoms with Crippen LogP contribution in [-0.4, -0.2) is 18.3 Å². The lowest BCUT2D eigenvalue weighted by atomic mass is 9.50. The average molecular weight is 388 g/mol. The maximum atomic E-state index is 6.23. The first-order valence-electron chi connectivity index (χ1n) is 11.3. The number of benzene rings is 2. The average Bonchev–Trinajstić information content (AvgIpc) is 2.97. The summed E-state index contributed by atoms with van der Waals surface area (Å²) in [7, 11) is -0.269. The van der Waals surface area contributed by atoms with Crippen LogP contribution in [0.5, 0.6) is 0 Å². The molecule has 3 saturated carbocycles. The molecule has 29 heavy (non-hydrogen) atoms. The van der Waals surface area contributed by atoms with E-state index in [0.717, 1.165) is 5.46 Å². The van der Waals surface area contributed by atoms with Crippen LogP contribution < -0.4 is 5.46 Å². The Kier molecular flexibility index (Phi) is 4.32. The molecule has 2 nitrogen and oxygen atoms in total. The molecule has 2 aromatic carbocycles. The quantitative estimate of drug-likeness (QED) is 0.644. The van der Waals surface area contributed by atoms with Crippen molar-refractivity contribution in [2.75, 3.05) is 0 Å². The fourth-order valence-corrected chi connectivity index (χ4v) is 5.82. The molecule has 0 radical (unpaired) electrons. The molecule has 3 aliphatic carbocycles. The van der Waals surface area contributed by atoms with Gasteiger partial charge in [-0.25, -0.2) is 0 Å². The summed E-state index contributed by atoms with van der Waals surface area (Å²) in [5, 5.41) is 0. The molecule has 3 heteroatoms. The topological polar surface area (TPSA) is 18.5 Å². The molecule has 6 rings (SSSR count). The number of hydrogen-bond acceptors (Lipinski definition) is 2. The van der Waals surface area contributed by atoms with Crippen LogP contribution in [0.2, 0.25) is 0 Å². The number of fused-ring (bicyclic) bond motifs is 3. The van der Waals surface area contributed by atoms with Gasteiger partial charge in [-0.1, -0.05) is 54.6 Å². The smallest absolute Gasteiger partial charge is 0.399 e. The van der Waals surface area contributed by atoms with Crippen LogP contribution in [0.3, 0.4) is 0 Å². The Labute approximate surface area is 176 Å². The van der Waals surface area contributed by atoms with Crippen LogP contribution in [-0.2, 0) is 20.1 Å². The van der Waals surface area contributed by atoms with Crippen LogP contribution in [0.25, 0.3) is 0 Å². The highest BCUT2D eigenvalue weighted by atomic mass is 16.7. The van der Waals surface area contributed by atoms with E-state index >= 15 is 0 Å². The predicted molar refractivity (Wildman–Crippen MR) is 120 cm³/mol. The lowest BCUT2D eigenvalue weighted by molar-refractivity contribution is 0.00578. The Morgan fingerprint density at radius 1 is 0.586 bits per heavy atom. The second-order valence-corrected chi connectivity index (χ2v) is 10.6. The molecule has 0 amide bonds. The minimum atomic E-state index is -0.289. The van der Waals surface area contributed by atoms with Crippen molar-refractivity contribution in [1.82, 2.24) is 0 Å². The van der Waals surface area contributed by atoms with Crippen molar-refractivity contribution in [3.63, 3.8) is 0 Å². The van der Waals surface area contributed by atoms with Gasteiger partial charge in [0.15, 0.2) is 0 Å². The van der Waals surface area contributed by atoms with Crippen molar-refractivity contribution in [2.24, 2.45) is 0 Å². The molecular weight excluding hydrogens is 355 g/mol. The summed E-state index contributed by atoms with van der Waals surface area (Å²) in [6, 6.07) is 20.4. The van der Waals surface area contributed by atoms with Gasteiger partial charge in [0.05, 0.1) is 11.2 Å². The normalized spacial score (nSPS) is 32.5. The van der Waals surface area contributed by atoms with Crippen molar-refractivity contribution < 1.29 is 9.31 Å². The molecular formula is C26H33BO2. The summed E-state index contributed by atoms with van der Waals surface area (Å²) in [6.07, 6.45) is 7.86. The minimum absolute atomic E-state index is 0.269. The van der Waals surface area contributed by atoms with Gasteiger partial charge < -0.3 is 9.31 Å². The van der Waals surface area contributed by atoms with Gasteiger partial charge in [0.25, 0.3) is 0 Å². The highest BCUT2D eigenvalue weighted by Gasteiger charge is 2.52. The SMILES string of the molecule is CC1(C)OB(c2ccc(C34CCC(c5ccccc5)(CC3)CC4)cc2)OC1(C)C. The van der Waals surface area contributed by atoms with E-state index < -0.39 is 0 Å². The Bertz CT molecular complexity index is 844. The van der Waals surface area contributed by atoms with E-state index in [1.807, 2.05) is 0 Å². The fourth-order valence-electron chi connectivity index (χ4n) is 5.82. The van der Waals surface area contributed by atoms with Gasteiger partial charge in [-0.2, -0.15) is 0 Å². The minimum Gasteiger partial charge on any atom is -0.399 e. The summed E-state index contributed by atoms with van der Waals surface area (Å²) in [4.78, 5) is 0. The van der Waals surface area contributed by atoms with Crippen LogP contribution >= 0.6 is 0 Å². The summed E-state index contributed by atoms with van der Waals surface area (Å²) in [5.41, 5.74) is 4.42. The molecule has 4 aliphatic rings. The first-order valence-corrected chi connectivity index (χ1v) is 11.3. The first kappa shape index (κ1) is 19.4. The molecule has 1 aliphatic heterocycles. The van der Waals surface area contributed by atoms with Crippen LogP contribution in [0.1, 0.15) is 77.3 Å². The van der Waals surface area contributed by atoms with E-state index in [0.29, 0.717) is 10.8 Å². The molecule has 0 atom stereocenters. The molecule has 0 N–H and O–H groups in total. The Hall–Kier alpha value is -1.58. The molecule has 1 heterocycles.